The Bertz CT molecular complexity index is 194. The molecule has 0 bridgehead atoms. The van der Waals surface area contributed by atoms with Crippen molar-refractivity contribution in [2.24, 2.45) is 0 Å². The summed E-state index contributed by atoms with van der Waals surface area (Å²) in [5.74, 6) is 1.53. The molecule has 0 aromatic carbocycles. The minimum atomic E-state index is -0.0776. The van der Waals surface area contributed by atoms with Crippen molar-refractivity contribution >= 4 is 11.6 Å². The molecule has 9 heavy (non-hydrogen) atoms. The highest BCUT2D eigenvalue weighted by molar-refractivity contribution is 6.20. The zero-order chi connectivity index (χ0) is 6.85. The maximum atomic E-state index is 5.68. The van der Waals surface area contributed by atoms with Gasteiger partial charge in [0, 0.05) is 0 Å². The van der Waals surface area contributed by atoms with E-state index >= 15 is 0 Å². The summed E-state index contributed by atoms with van der Waals surface area (Å²) in [5.41, 5.74) is 0. The average Bonchev–Trinajstić information content (AvgIpc) is 2.14. The monoisotopic (exact) mass is 145 g/mol. The van der Waals surface area contributed by atoms with Crippen LogP contribution < -0.4 is 0 Å². The third-order valence-corrected chi connectivity index (χ3v) is 1.20. The van der Waals surface area contributed by atoms with Gasteiger partial charge in [0.15, 0.2) is 0 Å². The number of halogens is 1. The fourth-order valence-electron chi connectivity index (χ4n) is 0.543. The van der Waals surface area contributed by atoms with Crippen LogP contribution in [0.2, 0.25) is 0 Å². The van der Waals surface area contributed by atoms with Crippen molar-refractivity contribution in [1.82, 2.24) is 15.2 Å². The van der Waals surface area contributed by atoms with Crippen LogP contribution in [0.5, 0.6) is 0 Å². The molecule has 1 heterocycles. The lowest BCUT2D eigenvalue weighted by atomic mass is 10.5. The van der Waals surface area contributed by atoms with Gasteiger partial charge in [0.1, 0.15) is 11.6 Å². The second-order valence-corrected chi connectivity index (χ2v) is 2.57. The number of aryl methyl sites for hydroxylation is 1. The van der Waals surface area contributed by atoms with Crippen LogP contribution in [0.15, 0.2) is 0 Å². The van der Waals surface area contributed by atoms with Gasteiger partial charge in [0.25, 0.3) is 0 Å². The molecule has 0 fully saturated rings. The molecule has 1 aromatic rings. The van der Waals surface area contributed by atoms with Crippen LogP contribution in [0, 0.1) is 6.92 Å². The van der Waals surface area contributed by atoms with Gasteiger partial charge >= 0.3 is 0 Å². The molecule has 0 amide bonds. The van der Waals surface area contributed by atoms with E-state index in [2.05, 4.69) is 15.2 Å². The summed E-state index contributed by atoms with van der Waals surface area (Å²) < 4.78 is 0. The quantitative estimate of drug-likeness (QED) is 0.608. The van der Waals surface area contributed by atoms with E-state index in [4.69, 9.17) is 11.6 Å². The average molecular weight is 146 g/mol. The summed E-state index contributed by atoms with van der Waals surface area (Å²) >= 11 is 5.68. The summed E-state index contributed by atoms with van der Waals surface area (Å²) in [6, 6.07) is 0. The van der Waals surface area contributed by atoms with E-state index in [-0.39, 0.29) is 5.38 Å². The molecular formula is C5H8ClN3. The van der Waals surface area contributed by atoms with Gasteiger partial charge in [0.2, 0.25) is 0 Å². The van der Waals surface area contributed by atoms with Crippen LogP contribution in [0.3, 0.4) is 0 Å². The molecular weight excluding hydrogens is 138 g/mol. The molecule has 0 saturated heterocycles. The summed E-state index contributed by atoms with van der Waals surface area (Å²) in [5, 5.41) is 7.45. The Kier molecular flexibility index (Phi) is 1.71. The van der Waals surface area contributed by atoms with Gasteiger partial charge in [-0.05, 0) is 13.8 Å². The standard InChI is InChI=1S/C5H8ClN3/c1-3(6)5-7-4(2)8-9-5/h3H,1-2H3,(H,7,8,9). The van der Waals surface area contributed by atoms with Gasteiger partial charge in [-0.25, -0.2) is 0 Å². The molecule has 1 unspecified atom stereocenters. The van der Waals surface area contributed by atoms with Crippen LogP contribution in [-0.2, 0) is 0 Å². The molecule has 4 heteroatoms. The van der Waals surface area contributed by atoms with Crippen molar-refractivity contribution in [3.63, 3.8) is 0 Å². The predicted octanol–water partition coefficient (Wildman–Crippen LogP) is 1.41. The number of rotatable bonds is 1. The van der Waals surface area contributed by atoms with Crippen molar-refractivity contribution in [3.05, 3.63) is 11.6 Å². The molecule has 1 atom stereocenters. The number of aromatic amines is 1. The predicted molar refractivity (Wildman–Crippen MR) is 35.4 cm³/mol. The molecule has 1 rings (SSSR count). The molecule has 0 spiro atoms. The smallest absolute Gasteiger partial charge is 0.148 e. The zero-order valence-electron chi connectivity index (χ0n) is 5.35. The Hall–Kier alpha value is -0.570. The second kappa shape index (κ2) is 2.35. The Labute approximate surface area is 58.4 Å². The van der Waals surface area contributed by atoms with Crippen molar-refractivity contribution < 1.29 is 0 Å². The number of H-pyrrole nitrogens is 1. The van der Waals surface area contributed by atoms with Crippen LogP contribution in [0.4, 0.5) is 0 Å². The first kappa shape index (κ1) is 6.55. The van der Waals surface area contributed by atoms with Crippen molar-refractivity contribution in [3.8, 4) is 0 Å². The summed E-state index contributed by atoms with van der Waals surface area (Å²) in [4.78, 5) is 2.92. The normalized spacial score (nSPS) is 13.7. The summed E-state index contributed by atoms with van der Waals surface area (Å²) in [7, 11) is 0. The number of hydrogen-bond donors (Lipinski definition) is 1. The number of alkyl halides is 1. The molecule has 0 aliphatic rings. The Morgan fingerprint density at radius 1 is 1.56 bits per heavy atom. The SMILES string of the molecule is Cc1nnc(C(C)Cl)[nH]1. The van der Waals surface area contributed by atoms with Crippen LogP contribution in [-0.4, -0.2) is 15.2 Å². The van der Waals surface area contributed by atoms with E-state index in [0.29, 0.717) is 0 Å². The summed E-state index contributed by atoms with van der Waals surface area (Å²) in [6.07, 6.45) is 0. The molecule has 50 valence electrons. The van der Waals surface area contributed by atoms with Gasteiger partial charge in [0.05, 0.1) is 5.38 Å². The van der Waals surface area contributed by atoms with Gasteiger partial charge in [-0.3, -0.25) is 0 Å². The molecule has 0 radical (unpaired) electrons. The maximum absolute atomic E-state index is 5.68. The molecule has 0 aliphatic heterocycles. The fraction of sp³-hybridized carbons (Fsp3) is 0.600. The van der Waals surface area contributed by atoms with Gasteiger partial charge in [-0.1, -0.05) is 0 Å². The highest BCUT2D eigenvalue weighted by Gasteiger charge is 2.03. The molecule has 1 aromatic heterocycles. The molecule has 0 saturated carbocycles. The first-order valence-corrected chi connectivity index (χ1v) is 3.17. The first-order valence-electron chi connectivity index (χ1n) is 2.73. The summed E-state index contributed by atoms with van der Waals surface area (Å²) in [6.45, 7) is 3.69. The van der Waals surface area contributed by atoms with Crippen molar-refractivity contribution in [1.29, 1.82) is 0 Å². The molecule has 3 nitrogen and oxygen atoms in total. The maximum Gasteiger partial charge on any atom is 0.148 e. The van der Waals surface area contributed by atoms with E-state index < -0.39 is 0 Å². The van der Waals surface area contributed by atoms with E-state index in [1.165, 1.54) is 0 Å². The lowest BCUT2D eigenvalue weighted by Gasteiger charge is -1.91. The van der Waals surface area contributed by atoms with Crippen LogP contribution in [0.1, 0.15) is 23.9 Å². The Balaban J connectivity index is 2.85. The van der Waals surface area contributed by atoms with Gasteiger partial charge in [-0.2, -0.15) is 0 Å². The zero-order valence-corrected chi connectivity index (χ0v) is 6.11. The highest BCUT2D eigenvalue weighted by Crippen LogP contribution is 2.13. The number of aromatic nitrogens is 3. The highest BCUT2D eigenvalue weighted by atomic mass is 35.5. The topological polar surface area (TPSA) is 41.6 Å². The Morgan fingerprint density at radius 2 is 2.22 bits per heavy atom. The van der Waals surface area contributed by atoms with E-state index in [9.17, 15) is 0 Å². The minimum absolute atomic E-state index is 0.0776. The van der Waals surface area contributed by atoms with E-state index in [0.717, 1.165) is 11.6 Å². The Morgan fingerprint density at radius 3 is 2.44 bits per heavy atom. The largest absolute Gasteiger partial charge is 0.328 e. The third kappa shape index (κ3) is 1.42. The number of nitrogens with one attached hydrogen (secondary N) is 1. The van der Waals surface area contributed by atoms with Gasteiger partial charge < -0.3 is 4.98 Å². The minimum Gasteiger partial charge on any atom is -0.328 e. The van der Waals surface area contributed by atoms with Crippen LogP contribution >= 0.6 is 11.6 Å². The van der Waals surface area contributed by atoms with Crippen molar-refractivity contribution in [2.45, 2.75) is 19.2 Å². The third-order valence-electron chi connectivity index (χ3n) is 0.993. The van der Waals surface area contributed by atoms with E-state index in [1.807, 2.05) is 13.8 Å². The lowest BCUT2D eigenvalue weighted by molar-refractivity contribution is 0.918. The fourth-order valence-corrected chi connectivity index (χ4v) is 0.641. The van der Waals surface area contributed by atoms with Gasteiger partial charge in [-0.15, -0.1) is 21.8 Å². The van der Waals surface area contributed by atoms with Crippen molar-refractivity contribution in [2.75, 3.05) is 0 Å². The number of hydrogen-bond acceptors (Lipinski definition) is 2. The second-order valence-electron chi connectivity index (χ2n) is 1.91. The lowest BCUT2D eigenvalue weighted by Crippen LogP contribution is -1.86. The van der Waals surface area contributed by atoms with Crippen LogP contribution in [0.25, 0.3) is 0 Å². The molecule has 1 N–H and O–H groups in total. The molecule has 0 aliphatic carbocycles. The first-order chi connectivity index (χ1) is 4.20. The number of nitrogens with zero attached hydrogens (tertiary/aromatic N) is 2. The van der Waals surface area contributed by atoms with E-state index in [1.54, 1.807) is 0 Å².